The minimum Gasteiger partial charge on any atom is -0.441 e. The fourth-order valence-corrected chi connectivity index (χ4v) is 5.44. The summed E-state index contributed by atoms with van der Waals surface area (Å²) in [4.78, 5) is 13.6. The van der Waals surface area contributed by atoms with Crippen molar-refractivity contribution in [3.8, 4) is 21.6 Å². The molecule has 1 amide bonds. The standard InChI is InChI=1S/C29H26ClNO2S/c1-18-5-3-4-6-25(18)19(2)33-29(32)31-26-17-27(30)34-28(26)24-15-13-23(14-16-24)22-11-9-21(10-12-22)20-7-8-20/h3-6,9-17,19-20H,7-8H2,1-2H3,(H,31,32)/t19-/m1/s1. The summed E-state index contributed by atoms with van der Waals surface area (Å²) >= 11 is 7.76. The lowest BCUT2D eigenvalue weighted by Crippen LogP contribution is -2.16. The second-order valence-corrected chi connectivity index (χ2v) is 10.5. The van der Waals surface area contributed by atoms with Gasteiger partial charge in [-0.2, -0.15) is 0 Å². The van der Waals surface area contributed by atoms with E-state index in [0.717, 1.165) is 33.0 Å². The molecule has 5 rings (SSSR count). The Morgan fingerprint density at radius 1 is 0.971 bits per heavy atom. The molecule has 3 aromatic carbocycles. The van der Waals surface area contributed by atoms with Crippen LogP contribution in [0.3, 0.4) is 0 Å². The van der Waals surface area contributed by atoms with Crippen LogP contribution in [0.1, 0.15) is 48.5 Å². The molecule has 1 aliphatic carbocycles. The van der Waals surface area contributed by atoms with Crippen LogP contribution in [0.15, 0.2) is 78.9 Å². The van der Waals surface area contributed by atoms with Crippen LogP contribution in [-0.2, 0) is 4.74 Å². The van der Waals surface area contributed by atoms with E-state index in [9.17, 15) is 4.79 Å². The van der Waals surface area contributed by atoms with Crippen molar-refractivity contribution < 1.29 is 9.53 Å². The van der Waals surface area contributed by atoms with Gasteiger partial charge in [-0.05, 0) is 72.1 Å². The molecule has 5 heteroatoms. The third-order valence-corrected chi connectivity index (χ3v) is 7.60. The highest BCUT2D eigenvalue weighted by Crippen LogP contribution is 2.42. The van der Waals surface area contributed by atoms with E-state index in [1.165, 1.54) is 35.3 Å². The molecule has 1 fully saturated rings. The summed E-state index contributed by atoms with van der Waals surface area (Å²) in [6, 6.07) is 26.9. The second kappa shape index (κ2) is 9.65. The van der Waals surface area contributed by atoms with Gasteiger partial charge in [-0.15, -0.1) is 11.3 Å². The monoisotopic (exact) mass is 487 g/mol. The van der Waals surface area contributed by atoms with E-state index < -0.39 is 6.09 Å². The third kappa shape index (κ3) is 5.03. The zero-order valence-electron chi connectivity index (χ0n) is 19.2. The Hall–Kier alpha value is -3.08. The first-order valence-electron chi connectivity index (χ1n) is 11.5. The van der Waals surface area contributed by atoms with E-state index >= 15 is 0 Å². The molecule has 1 N–H and O–H groups in total. The van der Waals surface area contributed by atoms with Gasteiger partial charge in [0.2, 0.25) is 0 Å². The third-order valence-electron chi connectivity index (χ3n) is 6.29. The van der Waals surface area contributed by atoms with Gasteiger partial charge in [-0.25, -0.2) is 4.79 Å². The Kier molecular flexibility index (Phi) is 6.44. The van der Waals surface area contributed by atoms with Crippen molar-refractivity contribution in [2.75, 3.05) is 5.32 Å². The molecule has 0 aliphatic heterocycles. The quantitative estimate of drug-likeness (QED) is 0.294. The molecule has 4 aromatic rings. The summed E-state index contributed by atoms with van der Waals surface area (Å²) in [6.45, 7) is 3.88. The van der Waals surface area contributed by atoms with Crippen molar-refractivity contribution in [1.82, 2.24) is 0 Å². The van der Waals surface area contributed by atoms with Crippen molar-refractivity contribution in [3.63, 3.8) is 0 Å². The highest BCUT2D eigenvalue weighted by Gasteiger charge is 2.23. The number of hydrogen-bond donors (Lipinski definition) is 1. The van der Waals surface area contributed by atoms with Gasteiger partial charge >= 0.3 is 6.09 Å². The molecule has 1 atom stereocenters. The minimum absolute atomic E-state index is 0.357. The lowest BCUT2D eigenvalue weighted by molar-refractivity contribution is 0.121. The number of anilines is 1. The first-order chi connectivity index (χ1) is 16.5. The SMILES string of the molecule is Cc1ccccc1[C@@H](C)OC(=O)Nc1cc(Cl)sc1-c1ccc(-c2ccc(C3CC3)cc2)cc1. The zero-order chi connectivity index (χ0) is 23.7. The molecular formula is C29H26ClNO2S. The normalized spacial score (nSPS) is 14.0. The van der Waals surface area contributed by atoms with Gasteiger partial charge in [0, 0.05) is 0 Å². The lowest BCUT2D eigenvalue weighted by Gasteiger charge is -2.16. The summed E-state index contributed by atoms with van der Waals surface area (Å²) < 4.78 is 6.25. The van der Waals surface area contributed by atoms with Crippen molar-refractivity contribution >= 4 is 34.7 Å². The summed E-state index contributed by atoms with van der Waals surface area (Å²) in [5, 5.41) is 2.88. The van der Waals surface area contributed by atoms with Crippen LogP contribution in [0, 0.1) is 6.92 Å². The van der Waals surface area contributed by atoms with Gasteiger partial charge in [0.15, 0.2) is 0 Å². The van der Waals surface area contributed by atoms with Gasteiger partial charge in [0.1, 0.15) is 6.10 Å². The number of hydrogen-bond acceptors (Lipinski definition) is 3. The summed E-state index contributed by atoms with van der Waals surface area (Å²) in [5.74, 6) is 0.761. The number of nitrogens with one attached hydrogen (secondary N) is 1. The van der Waals surface area contributed by atoms with Crippen LogP contribution in [0.2, 0.25) is 4.34 Å². The molecule has 3 nitrogen and oxygen atoms in total. The van der Waals surface area contributed by atoms with E-state index in [0.29, 0.717) is 10.0 Å². The second-order valence-electron chi connectivity index (χ2n) is 8.80. The molecule has 0 saturated heterocycles. The van der Waals surface area contributed by atoms with Crippen molar-refractivity contribution in [2.24, 2.45) is 0 Å². The number of carbonyl (C=O) groups is 1. The smallest absolute Gasteiger partial charge is 0.412 e. The van der Waals surface area contributed by atoms with Crippen LogP contribution in [0.25, 0.3) is 21.6 Å². The predicted molar refractivity (Wildman–Crippen MR) is 142 cm³/mol. The number of ether oxygens (including phenoxy) is 1. The number of halogens is 1. The van der Waals surface area contributed by atoms with Crippen molar-refractivity contribution in [3.05, 3.63) is 99.9 Å². The fraction of sp³-hybridized carbons (Fsp3) is 0.207. The van der Waals surface area contributed by atoms with Crippen LogP contribution >= 0.6 is 22.9 Å². The summed E-state index contributed by atoms with van der Waals surface area (Å²) in [7, 11) is 0. The Labute approximate surface area is 209 Å². The van der Waals surface area contributed by atoms with Gasteiger partial charge in [0.05, 0.1) is 14.9 Å². The maximum atomic E-state index is 12.6. The van der Waals surface area contributed by atoms with Crippen LogP contribution in [-0.4, -0.2) is 6.09 Å². The molecule has 0 radical (unpaired) electrons. The van der Waals surface area contributed by atoms with Crippen molar-refractivity contribution in [1.29, 1.82) is 0 Å². The van der Waals surface area contributed by atoms with Gasteiger partial charge in [0.25, 0.3) is 0 Å². The molecule has 0 unspecified atom stereocenters. The Morgan fingerprint density at radius 2 is 1.59 bits per heavy atom. The maximum Gasteiger partial charge on any atom is 0.412 e. The van der Waals surface area contributed by atoms with E-state index in [1.807, 2.05) is 38.1 Å². The van der Waals surface area contributed by atoms with Crippen LogP contribution < -0.4 is 5.32 Å². The van der Waals surface area contributed by atoms with E-state index in [2.05, 4.69) is 53.8 Å². The number of thiophene rings is 1. The minimum atomic E-state index is -0.501. The molecule has 0 spiro atoms. The molecule has 1 heterocycles. The number of rotatable bonds is 6. The first kappa shape index (κ1) is 22.7. The highest BCUT2D eigenvalue weighted by molar-refractivity contribution is 7.20. The molecule has 172 valence electrons. The molecule has 34 heavy (non-hydrogen) atoms. The van der Waals surface area contributed by atoms with Crippen molar-refractivity contribution in [2.45, 2.75) is 38.7 Å². The largest absolute Gasteiger partial charge is 0.441 e. The molecule has 0 bridgehead atoms. The number of benzene rings is 3. The topological polar surface area (TPSA) is 38.3 Å². The van der Waals surface area contributed by atoms with Crippen LogP contribution in [0.5, 0.6) is 0 Å². The zero-order valence-corrected chi connectivity index (χ0v) is 20.7. The Balaban J connectivity index is 1.30. The van der Waals surface area contributed by atoms with Gasteiger partial charge in [-0.3, -0.25) is 5.32 Å². The van der Waals surface area contributed by atoms with E-state index in [1.54, 1.807) is 6.07 Å². The first-order valence-corrected chi connectivity index (χ1v) is 12.7. The molecule has 1 aliphatic rings. The average molecular weight is 488 g/mol. The lowest BCUT2D eigenvalue weighted by atomic mass is 10.0. The van der Waals surface area contributed by atoms with Crippen LogP contribution in [0.4, 0.5) is 10.5 Å². The number of amides is 1. The van der Waals surface area contributed by atoms with E-state index in [4.69, 9.17) is 16.3 Å². The molecule has 1 saturated carbocycles. The molecular weight excluding hydrogens is 462 g/mol. The predicted octanol–water partition coefficient (Wildman–Crippen LogP) is 9.23. The summed E-state index contributed by atoms with van der Waals surface area (Å²) in [6.07, 6.45) is 1.77. The Morgan fingerprint density at radius 3 is 2.24 bits per heavy atom. The summed E-state index contributed by atoms with van der Waals surface area (Å²) in [5.41, 5.74) is 7.53. The number of carbonyl (C=O) groups excluding carboxylic acids is 1. The van der Waals surface area contributed by atoms with Gasteiger partial charge in [-0.1, -0.05) is 84.4 Å². The van der Waals surface area contributed by atoms with E-state index in [-0.39, 0.29) is 6.10 Å². The Bertz CT molecular complexity index is 1310. The highest BCUT2D eigenvalue weighted by atomic mass is 35.5. The van der Waals surface area contributed by atoms with Gasteiger partial charge < -0.3 is 4.74 Å². The number of aryl methyl sites for hydroxylation is 1. The molecule has 1 aromatic heterocycles. The average Bonchev–Trinajstić information content (AvgIpc) is 3.62. The fourth-order valence-electron chi connectivity index (χ4n) is 4.25. The maximum absolute atomic E-state index is 12.6.